The van der Waals surface area contributed by atoms with Crippen LogP contribution >= 0.6 is 0 Å². The van der Waals surface area contributed by atoms with Crippen LogP contribution in [0.5, 0.6) is 11.5 Å². The van der Waals surface area contributed by atoms with Gasteiger partial charge in [0, 0.05) is 5.56 Å². The summed E-state index contributed by atoms with van der Waals surface area (Å²) in [6.45, 7) is 4.34. The first kappa shape index (κ1) is 15.1. The van der Waals surface area contributed by atoms with Crippen LogP contribution in [0.2, 0.25) is 0 Å². The molecule has 0 fully saturated rings. The van der Waals surface area contributed by atoms with E-state index < -0.39 is 0 Å². The SMILES string of the molecule is COc1ccc(-c2nc(COc3ccc(C)cc3C)no2)cc1. The summed E-state index contributed by atoms with van der Waals surface area (Å²) in [4.78, 5) is 4.35. The first-order chi connectivity index (χ1) is 11.2. The van der Waals surface area contributed by atoms with E-state index in [2.05, 4.69) is 23.1 Å². The number of nitrogens with zero attached hydrogens (tertiary/aromatic N) is 2. The van der Waals surface area contributed by atoms with Crippen molar-refractivity contribution in [3.8, 4) is 23.0 Å². The first-order valence-electron chi connectivity index (χ1n) is 7.33. The van der Waals surface area contributed by atoms with Crippen molar-refractivity contribution in [2.75, 3.05) is 7.11 Å². The lowest BCUT2D eigenvalue weighted by atomic mass is 10.1. The van der Waals surface area contributed by atoms with Gasteiger partial charge in [0.1, 0.15) is 11.5 Å². The third kappa shape index (κ3) is 3.51. The zero-order valence-corrected chi connectivity index (χ0v) is 13.4. The Kier molecular flexibility index (Phi) is 4.28. The fraction of sp³-hybridized carbons (Fsp3) is 0.222. The monoisotopic (exact) mass is 310 g/mol. The Labute approximate surface area is 134 Å². The van der Waals surface area contributed by atoms with E-state index in [1.165, 1.54) is 5.56 Å². The molecule has 1 heterocycles. The number of hydrogen-bond acceptors (Lipinski definition) is 5. The van der Waals surface area contributed by atoms with Crippen LogP contribution in [0.4, 0.5) is 0 Å². The lowest BCUT2D eigenvalue weighted by molar-refractivity contribution is 0.285. The van der Waals surface area contributed by atoms with Gasteiger partial charge in [0.05, 0.1) is 7.11 Å². The Morgan fingerprint density at radius 3 is 2.52 bits per heavy atom. The quantitative estimate of drug-likeness (QED) is 0.714. The van der Waals surface area contributed by atoms with E-state index in [0.717, 1.165) is 22.6 Å². The highest BCUT2D eigenvalue weighted by Gasteiger charge is 2.10. The molecule has 0 atom stereocenters. The summed E-state index contributed by atoms with van der Waals surface area (Å²) >= 11 is 0. The third-order valence-electron chi connectivity index (χ3n) is 3.49. The second-order valence-corrected chi connectivity index (χ2v) is 5.30. The van der Waals surface area contributed by atoms with E-state index >= 15 is 0 Å². The molecule has 0 aliphatic carbocycles. The molecule has 0 unspecified atom stereocenters. The van der Waals surface area contributed by atoms with Crippen LogP contribution in [-0.2, 0) is 6.61 Å². The highest BCUT2D eigenvalue weighted by Crippen LogP contribution is 2.22. The number of ether oxygens (including phenoxy) is 2. The summed E-state index contributed by atoms with van der Waals surface area (Å²) in [5.41, 5.74) is 3.14. The molecule has 3 aromatic rings. The van der Waals surface area contributed by atoms with E-state index in [9.17, 15) is 0 Å². The van der Waals surface area contributed by atoms with Crippen molar-refractivity contribution >= 4 is 0 Å². The number of methoxy groups -OCH3 is 1. The predicted molar refractivity (Wildman–Crippen MR) is 86.5 cm³/mol. The number of hydrogen-bond donors (Lipinski definition) is 0. The predicted octanol–water partition coefficient (Wildman–Crippen LogP) is 3.94. The molecular weight excluding hydrogens is 292 g/mol. The maximum absolute atomic E-state index is 5.76. The molecule has 0 spiro atoms. The van der Waals surface area contributed by atoms with E-state index in [1.54, 1.807) is 7.11 Å². The molecule has 0 saturated carbocycles. The van der Waals surface area contributed by atoms with Gasteiger partial charge in [-0.05, 0) is 49.7 Å². The fourth-order valence-electron chi connectivity index (χ4n) is 2.27. The normalized spacial score (nSPS) is 10.6. The summed E-state index contributed by atoms with van der Waals surface area (Å²) in [6, 6.07) is 13.5. The lowest BCUT2D eigenvalue weighted by Gasteiger charge is -2.07. The Morgan fingerprint density at radius 2 is 1.83 bits per heavy atom. The molecule has 0 amide bonds. The van der Waals surface area contributed by atoms with Gasteiger partial charge in [-0.2, -0.15) is 4.98 Å². The average molecular weight is 310 g/mol. The molecule has 3 rings (SSSR count). The van der Waals surface area contributed by atoms with Gasteiger partial charge >= 0.3 is 0 Å². The van der Waals surface area contributed by atoms with Crippen molar-refractivity contribution in [1.29, 1.82) is 0 Å². The molecule has 0 radical (unpaired) electrons. The molecule has 2 aromatic carbocycles. The highest BCUT2D eigenvalue weighted by molar-refractivity contribution is 5.54. The molecule has 5 heteroatoms. The number of aromatic nitrogens is 2. The molecule has 118 valence electrons. The van der Waals surface area contributed by atoms with Crippen LogP contribution in [-0.4, -0.2) is 17.3 Å². The molecule has 0 aliphatic heterocycles. The van der Waals surface area contributed by atoms with Crippen LogP contribution in [0.25, 0.3) is 11.5 Å². The topological polar surface area (TPSA) is 57.4 Å². The van der Waals surface area contributed by atoms with Gasteiger partial charge in [0.25, 0.3) is 5.89 Å². The standard InChI is InChI=1S/C18H18N2O3/c1-12-4-9-16(13(2)10-12)22-11-17-19-18(23-20-17)14-5-7-15(21-3)8-6-14/h4-10H,11H2,1-3H3. The molecule has 5 nitrogen and oxygen atoms in total. The largest absolute Gasteiger partial charge is 0.497 e. The van der Waals surface area contributed by atoms with E-state index in [-0.39, 0.29) is 6.61 Å². The molecule has 0 aliphatic rings. The Balaban J connectivity index is 1.69. The smallest absolute Gasteiger partial charge is 0.258 e. The van der Waals surface area contributed by atoms with Gasteiger partial charge in [-0.25, -0.2) is 0 Å². The van der Waals surface area contributed by atoms with Gasteiger partial charge in [0.2, 0.25) is 5.82 Å². The van der Waals surface area contributed by atoms with Crippen LogP contribution in [0.1, 0.15) is 17.0 Å². The second kappa shape index (κ2) is 6.52. The third-order valence-corrected chi connectivity index (χ3v) is 3.49. The number of rotatable bonds is 5. The zero-order chi connectivity index (χ0) is 16.2. The van der Waals surface area contributed by atoms with Crippen molar-refractivity contribution < 1.29 is 14.0 Å². The summed E-state index contributed by atoms with van der Waals surface area (Å²) in [6.07, 6.45) is 0. The maximum Gasteiger partial charge on any atom is 0.258 e. The number of aryl methyl sites for hydroxylation is 2. The second-order valence-electron chi connectivity index (χ2n) is 5.30. The Bertz CT molecular complexity index is 794. The molecule has 0 N–H and O–H groups in total. The summed E-state index contributed by atoms with van der Waals surface area (Å²) in [5, 5.41) is 3.96. The molecular formula is C18H18N2O3. The Hall–Kier alpha value is -2.82. The van der Waals surface area contributed by atoms with Crippen LogP contribution < -0.4 is 9.47 Å². The minimum Gasteiger partial charge on any atom is -0.497 e. The minimum absolute atomic E-state index is 0.267. The van der Waals surface area contributed by atoms with Crippen LogP contribution in [0.3, 0.4) is 0 Å². The van der Waals surface area contributed by atoms with Crippen LogP contribution in [0.15, 0.2) is 47.0 Å². The minimum atomic E-state index is 0.267. The average Bonchev–Trinajstić information content (AvgIpc) is 3.03. The zero-order valence-electron chi connectivity index (χ0n) is 13.4. The lowest BCUT2D eigenvalue weighted by Crippen LogP contribution is -1.99. The van der Waals surface area contributed by atoms with Crippen LogP contribution in [0, 0.1) is 13.8 Å². The first-order valence-corrected chi connectivity index (χ1v) is 7.33. The summed E-state index contributed by atoms with van der Waals surface area (Å²) in [5.74, 6) is 2.58. The van der Waals surface area contributed by atoms with Gasteiger partial charge in [0.15, 0.2) is 6.61 Å². The molecule has 1 aromatic heterocycles. The van der Waals surface area contributed by atoms with E-state index in [0.29, 0.717) is 11.7 Å². The van der Waals surface area contributed by atoms with Gasteiger partial charge in [-0.1, -0.05) is 22.9 Å². The van der Waals surface area contributed by atoms with E-state index in [4.69, 9.17) is 14.0 Å². The van der Waals surface area contributed by atoms with Crippen molar-refractivity contribution in [3.63, 3.8) is 0 Å². The van der Waals surface area contributed by atoms with Crippen molar-refractivity contribution in [1.82, 2.24) is 10.1 Å². The molecule has 0 bridgehead atoms. The van der Waals surface area contributed by atoms with Crippen molar-refractivity contribution in [2.45, 2.75) is 20.5 Å². The number of benzene rings is 2. The highest BCUT2D eigenvalue weighted by atomic mass is 16.5. The molecule has 0 saturated heterocycles. The summed E-state index contributed by atoms with van der Waals surface area (Å²) < 4.78 is 16.2. The van der Waals surface area contributed by atoms with Gasteiger partial charge in [-0.3, -0.25) is 0 Å². The van der Waals surface area contributed by atoms with Gasteiger partial charge < -0.3 is 14.0 Å². The van der Waals surface area contributed by atoms with E-state index in [1.807, 2.05) is 43.3 Å². The molecule has 23 heavy (non-hydrogen) atoms. The Morgan fingerprint density at radius 1 is 1.04 bits per heavy atom. The summed E-state index contributed by atoms with van der Waals surface area (Å²) in [7, 11) is 1.63. The van der Waals surface area contributed by atoms with Gasteiger partial charge in [-0.15, -0.1) is 0 Å². The maximum atomic E-state index is 5.76. The van der Waals surface area contributed by atoms with Crippen molar-refractivity contribution in [2.24, 2.45) is 0 Å². The van der Waals surface area contributed by atoms with Crippen molar-refractivity contribution in [3.05, 3.63) is 59.4 Å². The fourth-order valence-corrected chi connectivity index (χ4v) is 2.27.